The molecule has 216 valence electrons. The van der Waals surface area contributed by atoms with Gasteiger partial charge >= 0.3 is 0 Å². The van der Waals surface area contributed by atoms with E-state index < -0.39 is 0 Å². The molecule has 0 bridgehead atoms. The largest absolute Gasteiger partial charge is 0.490 e. The smallest absolute Gasteiger partial charge is 0.253 e. The summed E-state index contributed by atoms with van der Waals surface area (Å²) in [5, 5.41) is 0. The Balaban J connectivity index is 0.976. The van der Waals surface area contributed by atoms with Crippen LogP contribution in [-0.4, -0.2) is 71.0 Å². The van der Waals surface area contributed by atoms with Crippen molar-refractivity contribution in [2.45, 2.75) is 32.0 Å². The number of likely N-dealkylation sites (tertiary alicyclic amines) is 1. The van der Waals surface area contributed by atoms with Gasteiger partial charge in [-0.2, -0.15) is 0 Å². The molecule has 3 aromatic carbocycles. The lowest BCUT2D eigenvalue weighted by Gasteiger charge is -2.35. The van der Waals surface area contributed by atoms with Crippen LogP contribution in [-0.2, 0) is 13.1 Å². The fourth-order valence-corrected chi connectivity index (χ4v) is 5.88. The van der Waals surface area contributed by atoms with Crippen molar-refractivity contribution in [3.63, 3.8) is 0 Å². The maximum absolute atomic E-state index is 13.7. The molecule has 2 aliphatic rings. The van der Waals surface area contributed by atoms with Crippen LogP contribution < -0.4 is 4.74 Å². The van der Waals surface area contributed by atoms with Crippen molar-refractivity contribution in [2.75, 3.05) is 39.3 Å². The lowest BCUT2D eigenvalue weighted by Crippen LogP contribution is -2.45. The van der Waals surface area contributed by atoms with Gasteiger partial charge in [-0.25, -0.2) is 4.39 Å². The number of benzene rings is 3. The molecule has 0 saturated carbocycles. The van der Waals surface area contributed by atoms with Crippen LogP contribution in [0, 0.1) is 5.82 Å². The van der Waals surface area contributed by atoms with Crippen LogP contribution in [0.25, 0.3) is 11.1 Å². The fourth-order valence-electron chi connectivity index (χ4n) is 5.88. The second kappa shape index (κ2) is 13.3. The number of rotatable bonds is 8. The number of aromatic nitrogens is 1. The van der Waals surface area contributed by atoms with Crippen LogP contribution in [0.15, 0.2) is 97.3 Å². The van der Waals surface area contributed by atoms with Crippen LogP contribution >= 0.6 is 0 Å². The minimum Gasteiger partial charge on any atom is -0.490 e. The zero-order chi connectivity index (χ0) is 28.7. The average molecular weight is 565 g/mol. The van der Waals surface area contributed by atoms with E-state index in [0.29, 0.717) is 18.7 Å². The number of pyridine rings is 1. The molecule has 6 nitrogen and oxygen atoms in total. The molecule has 0 aliphatic carbocycles. The number of piperidine rings is 1. The van der Waals surface area contributed by atoms with E-state index in [-0.39, 0.29) is 17.8 Å². The number of ether oxygens (including phenoxy) is 1. The molecule has 7 heteroatoms. The van der Waals surface area contributed by atoms with Gasteiger partial charge in [0.15, 0.2) is 0 Å². The molecule has 2 saturated heterocycles. The van der Waals surface area contributed by atoms with E-state index in [1.54, 1.807) is 6.07 Å². The third-order valence-corrected chi connectivity index (χ3v) is 8.20. The summed E-state index contributed by atoms with van der Waals surface area (Å²) in [7, 11) is 0. The summed E-state index contributed by atoms with van der Waals surface area (Å²) in [6.45, 7) is 7.37. The summed E-state index contributed by atoms with van der Waals surface area (Å²) < 4.78 is 20.1. The number of carbonyl (C=O) groups is 1. The first-order valence-corrected chi connectivity index (χ1v) is 14.8. The van der Waals surface area contributed by atoms with E-state index >= 15 is 0 Å². The van der Waals surface area contributed by atoms with Crippen molar-refractivity contribution in [2.24, 2.45) is 0 Å². The van der Waals surface area contributed by atoms with E-state index in [2.05, 4.69) is 39.0 Å². The number of carbonyl (C=O) groups excluding carboxylic acids is 1. The molecule has 4 aromatic rings. The molecule has 1 aromatic heterocycles. The Labute approximate surface area is 247 Å². The molecule has 0 radical (unpaired) electrons. The molecule has 0 N–H and O–H groups in total. The highest BCUT2D eigenvalue weighted by Crippen LogP contribution is 2.25. The van der Waals surface area contributed by atoms with Crippen molar-refractivity contribution in [1.29, 1.82) is 0 Å². The Morgan fingerprint density at radius 1 is 0.762 bits per heavy atom. The van der Waals surface area contributed by atoms with Gasteiger partial charge in [0.1, 0.15) is 17.7 Å². The zero-order valence-electron chi connectivity index (χ0n) is 23.9. The average Bonchev–Trinajstić information content (AvgIpc) is 3.03. The molecule has 3 heterocycles. The van der Waals surface area contributed by atoms with Crippen LogP contribution in [0.5, 0.6) is 5.75 Å². The summed E-state index contributed by atoms with van der Waals surface area (Å²) in [6.07, 6.45) is 5.44. The number of piperazine rings is 1. The van der Waals surface area contributed by atoms with E-state index in [9.17, 15) is 9.18 Å². The summed E-state index contributed by atoms with van der Waals surface area (Å²) in [5.74, 6) is 0.622. The van der Waals surface area contributed by atoms with Crippen molar-refractivity contribution < 1.29 is 13.9 Å². The van der Waals surface area contributed by atoms with E-state index in [4.69, 9.17) is 4.74 Å². The minimum absolute atomic E-state index is 0.00855. The first-order chi connectivity index (χ1) is 20.6. The van der Waals surface area contributed by atoms with Gasteiger partial charge in [-0.1, -0.05) is 42.5 Å². The van der Waals surface area contributed by atoms with Crippen molar-refractivity contribution in [3.8, 4) is 16.9 Å². The summed E-state index contributed by atoms with van der Waals surface area (Å²) in [6, 6.07) is 26.5. The van der Waals surface area contributed by atoms with Gasteiger partial charge in [0.2, 0.25) is 0 Å². The Bertz CT molecular complexity index is 1480. The lowest BCUT2D eigenvalue weighted by molar-refractivity contribution is 0.0595. The molecule has 0 atom stereocenters. The monoisotopic (exact) mass is 564 g/mol. The van der Waals surface area contributed by atoms with Crippen molar-refractivity contribution in [1.82, 2.24) is 19.7 Å². The van der Waals surface area contributed by atoms with Gasteiger partial charge in [-0.15, -0.1) is 0 Å². The highest BCUT2D eigenvalue weighted by Gasteiger charge is 2.25. The summed E-state index contributed by atoms with van der Waals surface area (Å²) >= 11 is 0. The van der Waals surface area contributed by atoms with E-state index in [1.807, 2.05) is 59.8 Å². The number of halogens is 1. The zero-order valence-corrected chi connectivity index (χ0v) is 23.9. The van der Waals surface area contributed by atoms with Crippen molar-refractivity contribution in [3.05, 3.63) is 120 Å². The SMILES string of the molecule is O=C(c1cccc(-c2cccc(F)c2)c1)N1CCC(Oc2cccc(CN3CCN(Cc4cccnc4)CC3)c2)CC1. The van der Waals surface area contributed by atoms with E-state index in [0.717, 1.165) is 69.0 Å². The third kappa shape index (κ3) is 7.22. The Morgan fingerprint density at radius 3 is 2.14 bits per heavy atom. The molecule has 2 aliphatic heterocycles. The Morgan fingerprint density at radius 2 is 1.43 bits per heavy atom. The summed E-state index contributed by atoms with van der Waals surface area (Å²) in [5.41, 5.74) is 4.76. The van der Waals surface area contributed by atoms with Crippen LogP contribution in [0.4, 0.5) is 4.39 Å². The molecule has 0 spiro atoms. The number of nitrogens with zero attached hydrogens (tertiary/aromatic N) is 4. The quantitative estimate of drug-likeness (QED) is 0.267. The maximum atomic E-state index is 13.7. The van der Waals surface area contributed by atoms with Crippen molar-refractivity contribution >= 4 is 5.91 Å². The first kappa shape index (κ1) is 28.1. The Kier molecular flexibility index (Phi) is 8.87. The van der Waals surface area contributed by atoms with Gasteiger partial charge < -0.3 is 9.64 Å². The second-order valence-electron chi connectivity index (χ2n) is 11.3. The topological polar surface area (TPSA) is 48.9 Å². The number of hydrogen-bond donors (Lipinski definition) is 0. The molecule has 1 amide bonds. The number of hydrogen-bond acceptors (Lipinski definition) is 5. The molecule has 2 fully saturated rings. The predicted octanol–water partition coefficient (Wildman–Crippen LogP) is 5.89. The molecule has 6 rings (SSSR count). The third-order valence-electron chi connectivity index (χ3n) is 8.20. The molecule has 42 heavy (non-hydrogen) atoms. The van der Waals surface area contributed by atoms with Gasteiger partial charge in [0.25, 0.3) is 5.91 Å². The van der Waals surface area contributed by atoms with E-state index in [1.165, 1.54) is 23.3 Å². The normalized spacial score (nSPS) is 16.8. The highest BCUT2D eigenvalue weighted by molar-refractivity contribution is 5.95. The predicted molar refractivity (Wildman–Crippen MR) is 163 cm³/mol. The van der Waals surface area contributed by atoms with Gasteiger partial charge in [-0.3, -0.25) is 19.6 Å². The standard InChI is InChI=1S/C35H37FN4O2/c36-32-10-3-8-30(23-32)29-7-2-9-31(22-29)35(41)40-15-12-33(13-16-40)42-34-11-1-5-27(21-34)25-38-17-19-39(20-18-38)26-28-6-4-14-37-24-28/h1-11,14,21-24,33H,12-13,15-20,25-26H2. The highest BCUT2D eigenvalue weighted by atomic mass is 19.1. The van der Waals surface area contributed by atoms with Gasteiger partial charge in [0.05, 0.1) is 0 Å². The fraction of sp³-hybridized carbons (Fsp3) is 0.314. The second-order valence-corrected chi connectivity index (χ2v) is 11.3. The number of amides is 1. The molecule has 0 unspecified atom stereocenters. The van der Waals surface area contributed by atoms with Crippen LogP contribution in [0.1, 0.15) is 34.3 Å². The maximum Gasteiger partial charge on any atom is 0.253 e. The van der Waals surface area contributed by atoms with Gasteiger partial charge in [-0.05, 0) is 64.7 Å². The Hall–Kier alpha value is -4.07. The van der Waals surface area contributed by atoms with Crippen LogP contribution in [0.2, 0.25) is 0 Å². The molecular formula is C35H37FN4O2. The van der Waals surface area contributed by atoms with Crippen LogP contribution in [0.3, 0.4) is 0 Å². The summed E-state index contributed by atoms with van der Waals surface area (Å²) in [4.78, 5) is 24.4. The van der Waals surface area contributed by atoms with Gasteiger partial charge in [0, 0.05) is 83.2 Å². The molecular weight excluding hydrogens is 527 g/mol. The minimum atomic E-state index is -0.285. The lowest BCUT2D eigenvalue weighted by atomic mass is 10.0. The first-order valence-electron chi connectivity index (χ1n) is 14.8.